The molecule has 0 bridgehead atoms. The molecule has 2 aromatic rings. The molecule has 8 nitrogen and oxygen atoms in total. The van der Waals surface area contributed by atoms with Gasteiger partial charge >= 0.3 is 6.09 Å². The molecule has 2 aromatic carbocycles. The van der Waals surface area contributed by atoms with Crippen molar-refractivity contribution in [2.24, 2.45) is 0 Å². The molecular weight excluding hydrogens is 398 g/mol. The van der Waals surface area contributed by atoms with E-state index in [1.807, 2.05) is 19.1 Å². The smallest absolute Gasteiger partial charge is 0.410 e. The molecule has 0 unspecified atom stereocenters. The van der Waals surface area contributed by atoms with Crippen molar-refractivity contribution in [3.05, 3.63) is 53.6 Å². The summed E-state index contributed by atoms with van der Waals surface area (Å²) in [5, 5.41) is 0. The minimum absolute atomic E-state index is 0.0228. The molecular formula is C20H23NO7S. The summed E-state index contributed by atoms with van der Waals surface area (Å²) in [4.78, 5) is 13.8. The highest BCUT2D eigenvalue weighted by Crippen LogP contribution is 2.31. The Bertz CT molecular complexity index is 990. The lowest BCUT2D eigenvalue weighted by atomic mass is 10.0. The Balaban J connectivity index is 1.67. The molecule has 29 heavy (non-hydrogen) atoms. The maximum atomic E-state index is 12.3. The Hall–Kier alpha value is -2.78. The quantitative estimate of drug-likeness (QED) is 0.605. The third kappa shape index (κ3) is 4.63. The van der Waals surface area contributed by atoms with Gasteiger partial charge in [-0.3, -0.25) is 4.18 Å². The summed E-state index contributed by atoms with van der Waals surface area (Å²) < 4.78 is 44.9. The average Bonchev–Trinajstić information content (AvgIpc) is 3.09. The van der Waals surface area contributed by atoms with Crippen molar-refractivity contribution in [1.29, 1.82) is 0 Å². The van der Waals surface area contributed by atoms with Gasteiger partial charge in [0.1, 0.15) is 12.7 Å². The van der Waals surface area contributed by atoms with Gasteiger partial charge in [0.2, 0.25) is 0 Å². The number of hydrogen-bond acceptors (Lipinski definition) is 7. The van der Waals surface area contributed by atoms with E-state index >= 15 is 0 Å². The number of hydrogen-bond donors (Lipinski definition) is 0. The molecule has 0 spiro atoms. The van der Waals surface area contributed by atoms with Crippen molar-refractivity contribution in [2.75, 3.05) is 33.9 Å². The maximum absolute atomic E-state index is 12.3. The fourth-order valence-electron chi connectivity index (χ4n) is 3.07. The van der Waals surface area contributed by atoms with E-state index in [2.05, 4.69) is 4.18 Å². The van der Waals surface area contributed by atoms with Crippen LogP contribution < -0.4 is 9.47 Å². The summed E-state index contributed by atoms with van der Waals surface area (Å²) in [5.41, 5.74) is 1.45. The standard InChI is InChI=1S/C20H23NO7S/c1-14-8-9-15(29(23,24)26-3)12-16(14)19-13-21(20(22)28-19)10-11-27-18-7-5-4-6-17(18)25-2/h4-9,12,19H,10-11,13H2,1-3H3/t19-/m0/s1. The molecule has 1 aliphatic rings. The summed E-state index contributed by atoms with van der Waals surface area (Å²) >= 11 is 0. The zero-order valence-electron chi connectivity index (χ0n) is 16.5. The molecule has 0 aliphatic carbocycles. The van der Waals surface area contributed by atoms with Crippen molar-refractivity contribution in [2.45, 2.75) is 17.9 Å². The minimum atomic E-state index is -3.83. The second-order valence-corrected chi connectivity index (χ2v) is 8.17. The topological polar surface area (TPSA) is 91.4 Å². The summed E-state index contributed by atoms with van der Waals surface area (Å²) in [6, 6.07) is 11.9. The number of nitrogens with zero attached hydrogens (tertiary/aromatic N) is 1. The first-order valence-electron chi connectivity index (χ1n) is 8.98. The van der Waals surface area contributed by atoms with Crippen LogP contribution in [0.4, 0.5) is 4.79 Å². The fraction of sp³-hybridized carbons (Fsp3) is 0.350. The first-order valence-corrected chi connectivity index (χ1v) is 10.4. The SMILES string of the molecule is COc1ccccc1OCCN1C[C@@H](c2cc(S(=O)(=O)OC)ccc2C)OC1=O. The first-order chi connectivity index (χ1) is 13.9. The zero-order valence-corrected chi connectivity index (χ0v) is 17.3. The summed E-state index contributed by atoms with van der Waals surface area (Å²) in [6.07, 6.45) is -1.04. The average molecular weight is 421 g/mol. The highest BCUT2D eigenvalue weighted by Gasteiger charge is 2.33. The lowest BCUT2D eigenvalue weighted by Gasteiger charge is -2.16. The molecule has 0 N–H and O–H groups in total. The molecule has 1 saturated heterocycles. The summed E-state index contributed by atoms with van der Waals surface area (Å²) in [5.74, 6) is 1.20. The van der Waals surface area contributed by atoms with E-state index in [0.29, 0.717) is 30.2 Å². The molecule has 1 atom stereocenters. The Morgan fingerprint density at radius 2 is 1.86 bits per heavy atom. The van der Waals surface area contributed by atoms with E-state index in [9.17, 15) is 13.2 Å². The number of carbonyl (C=O) groups is 1. The second kappa shape index (κ2) is 8.71. The molecule has 1 aliphatic heterocycles. The Kier molecular flexibility index (Phi) is 6.29. The van der Waals surface area contributed by atoms with Gasteiger partial charge in [0, 0.05) is 0 Å². The van der Waals surface area contributed by atoms with Crippen LogP contribution in [0.2, 0.25) is 0 Å². The Morgan fingerprint density at radius 3 is 2.55 bits per heavy atom. The number of para-hydroxylation sites is 2. The lowest BCUT2D eigenvalue weighted by Crippen LogP contribution is -2.29. The predicted molar refractivity (Wildman–Crippen MR) is 105 cm³/mol. The normalized spacial score (nSPS) is 16.6. The summed E-state index contributed by atoms with van der Waals surface area (Å²) in [7, 11) is -1.17. The molecule has 0 aromatic heterocycles. The maximum Gasteiger partial charge on any atom is 0.410 e. The number of rotatable bonds is 8. The number of aryl methyl sites for hydroxylation is 1. The van der Waals surface area contributed by atoms with Crippen LogP contribution in [0.3, 0.4) is 0 Å². The van der Waals surface area contributed by atoms with Crippen LogP contribution in [0, 0.1) is 6.92 Å². The molecule has 1 amide bonds. The van der Waals surface area contributed by atoms with E-state index in [0.717, 1.165) is 12.7 Å². The Labute approximate surface area is 170 Å². The molecule has 3 rings (SSSR count). The van der Waals surface area contributed by atoms with Gasteiger partial charge in [-0.1, -0.05) is 18.2 Å². The van der Waals surface area contributed by atoms with Crippen molar-refractivity contribution in [3.8, 4) is 11.5 Å². The molecule has 1 heterocycles. The van der Waals surface area contributed by atoms with Crippen LogP contribution in [0.25, 0.3) is 0 Å². The van der Waals surface area contributed by atoms with E-state index in [-0.39, 0.29) is 11.5 Å². The van der Waals surface area contributed by atoms with Crippen molar-refractivity contribution < 1.29 is 31.6 Å². The fourth-order valence-corrected chi connectivity index (χ4v) is 3.77. The van der Waals surface area contributed by atoms with Gasteiger partial charge in [0.15, 0.2) is 11.5 Å². The largest absolute Gasteiger partial charge is 0.493 e. The zero-order chi connectivity index (χ0) is 21.0. The van der Waals surface area contributed by atoms with Crippen LogP contribution in [0.15, 0.2) is 47.4 Å². The predicted octanol–water partition coefficient (Wildman–Crippen LogP) is 2.91. The molecule has 0 radical (unpaired) electrons. The lowest BCUT2D eigenvalue weighted by molar-refractivity contribution is 0.130. The van der Waals surface area contributed by atoms with E-state index in [1.54, 1.807) is 25.3 Å². The third-order valence-corrected chi connectivity index (χ3v) is 5.95. The monoisotopic (exact) mass is 421 g/mol. The van der Waals surface area contributed by atoms with Gasteiger partial charge in [0.05, 0.1) is 32.2 Å². The van der Waals surface area contributed by atoms with Crippen LogP contribution in [-0.2, 0) is 19.0 Å². The number of methoxy groups -OCH3 is 1. The van der Waals surface area contributed by atoms with Gasteiger partial charge in [-0.15, -0.1) is 0 Å². The molecule has 156 valence electrons. The number of ether oxygens (including phenoxy) is 3. The molecule has 0 saturated carbocycles. The minimum Gasteiger partial charge on any atom is -0.493 e. The number of amides is 1. The van der Waals surface area contributed by atoms with E-state index < -0.39 is 22.3 Å². The van der Waals surface area contributed by atoms with Gasteiger partial charge in [-0.25, -0.2) is 4.79 Å². The first kappa shape index (κ1) is 20.9. The molecule has 9 heteroatoms. The van der Waals surface area contributed by atoms with Crippen LogP contribution in [0.1, 0.15) is 17.2 Å². The van der Waals surface area contributed by atoms with E-state index in [1.165, 1.54) is 17.0 Å². The molecule has 1 fully saturated rings. The van der Waals surface area contributed by atoms with Crippen molar-refractivity contribution >= 4 is 16.2 Å². The third-order valence-electron chi connectivity index (χ3n) is 4.68. The Morgan fingerprint density at radius 1 is 1.14 bits per heavy atom. The van der Waals surface area contributed by atoms with Gasteiger partial charge in [-0.2, -0.15) is 8.42 Å². The van der Waals surface area contributed by atoms with Crippen molar-refractivity contribution in [3.63, 3.8) is 0 Å². The number of benzene rings is 2. The van der Waals surface area contributed by atoms with E-state index in [4.69, 9.17) is 14.2 Å². The van der Waals surface area contributed by atoms with Crippen molar-refractivity contribution in [1.82, 2.24) is 4.90 Å². The van der Waals surface area contributed by atoms with Crippen LogP contribution >= 0.6 is 0 Å². The summed E-state index contributed by atoms with van der Waals surface area (Å²) in [6.45, 7) is 2.72. The van der Waals surface area contributed by atoms with Crippen LogP contribution in [-0.4, -0.2) is 53.3 Å². The number of cyclic esters (lactones) is 1. The van der Waals surface area contributed by atoms with Gasteiger partial charge in [-0.05, 0) is 42.3 Å². The van der Waals surface area contributed by atoms with Crippen LogP contribution in [0.5, 0.6) is 11.5 Å². The highest BCUT2D eigenvalue weighted by molar-refractivity contribution is 7.86. The second-order valence-electron chi connectivity index (χ2n) is 6.46. The highest BCUT2D eigenvalue weighted by atomic mass is 32.2. The number of carbonyl (C=O) groups excluding carboxylic acids is 1. The van der Waals surface area contributed by atoms with Gasteiger partial charge in [0.25, 0.3) is 10.1 Å². The van der Waals surface area contributed by atoms with Gasteiger partial charge < -0.3 is 19.1 Å².